The Bertz CT molecular complexity index is 1240. The maximum atomic E-state index is 12.9. The summed E-state index contributed by atoms with van der Waals surface area (Å²) in [6.07, 6.45) is 0. The van der Waals surface area contributed by atoms with Gasteiger partial charge in [0.05, 0.1) is 6.61 Å². The highest BCUT2D eigenvalue weighted by molar-refractivity contribution is 7.80. The standard InChI is InChI=1S/C25H22N2O2S2/c1-3-29-24(28)22-21(18-11-5-4-6-12-18)16(2)31-23(22)27-25(30)26-20-15-9-13-17-10-7-8-14-19(17)20/h4-15H,3H2,1-2H3,(H2,26,27,30). The number of hydrogen-bond donors (Lipinski definition) is 2. The minimum absolute atomic E-state index is 0.306. The first-order valence-corrected chi connectivity index (χ1v) is 11.2. The van der Waals surface area contributed by atoms with Gasteiger partial charge in [-0.15, -0.1) is 11.3 Å². The lowest BCUT2D eigenvalue weighted by Crippen LogP contribution is -2.20. The first-order chi connectivity index (χ1) is 15.1. The lowest BCUT2D eigenvalue weighted by atomic mass is 10.0. The maximum absolute atomic E-state index is 12.9. The van der Waals surface area contributed by atoms with Gasteiger partial charge in [0.15, 0.2) is 5.11 Å². The van der Waals surface area contributed by atoms with Crippen molar-refractivity contribution in [3.8, 4) is 11.1 Å². The highest BCUT2D eigenvalue weighted by Crippen LogP contribution is 2.40. The lowest BCUT2D eigenvalue weighted by Gasteiger charge is -2.13. The van der Waals surface area contributed by atoms with E-state index in [-0.39, 0.29) is 5.97 Å². The zero-order chi connectivity index (χ0) is 21.8. The number of esters is 1. The largest absolute Gasteiger partial charge is 0.462 e. The van der Waals surface area contributed by atoms with E-state index in [9.17, 15) is 4.79 Å². The van der Waals surface area contributed by atoms with Gasteiger partial charge in [0.2, 0.25) is 0 Å². The number of ether oxygens (including phenoxy) is 1. The maximum Gasteiger partial charge on any atom is 0.341 e. The second-order valence-corrected chi connectivity index (χ2v) is 8.56. The van der Waals surface area contributed by atoms with Gasteiger partial charge >= 0.3 is 5.97 Å². The molecule has 0 aliphatic rings. The Kier molecular flexibility index (Phi) is 6.30. The summed E-state index contributed by atoms with van der Waals surface area (Å²) in [5.41, 5.74) is 3.27. The Morgan fingerprint density at radius 2 is 1.68 bits per heavy atom. The molecule has 1 aromatic heterocycles. The molecule has 0 aliphatic carbocycles. The van der Waals surface area contributed by atoms with Gasteiger partial charge in [-0.25, -0.2) is 4.79 Å². The molecule has 0 fully saturated rings. The number of hydrogen-bond acceptors (Lipinski definition) is 4. The quantitative estimate of drug-likeness (QED) is 0.259. The van der Waals surface area contributed by atoms with Crippen LogP contribution in [0, 0.1) is 6.92 Å². The van der Waals surface area contributed by atoms with Crippen molar-refractivity contribution in [2.75, 3.05) is 17.2 Å². The van der Waals surface area contributed by atoms with Crippen LogP contribution >= 0.6 is 23.6 Å². The lowest BCUT2D eigenvalue weighted by molar-refractivity contribution is 0.0529. The molecule has 31 heavy (non-hydrogen) atoms. The number of fused-ring (bicyclic) bond motifs is 1. The van der Waals surface area contributed by atoms with Crippen molar-refractivity contribution in [3.63, 3.8) is 0 Å². The monoisotopic (exact) mass is 446 g/mol. The van der Waals surface area contributed by atoms with Crippen molar-refractivity contribution in [1.82, 2.24) is 0 Å². The summed E-state index contributed by atoms with van der Waals surface area (Å²) in [6, 6.07) is 24.0. The molecule has 3 aromatic carbocycles. The summed E-state index contributed by atoms with van der Waals surface area (Å²) in [6.45, 7) is 4.11. The first kappa shape index (κ1) is 21.0. The molecule has 6 heteroatoms. The van der Waals surface area contributed by atoms with Crippen molar-refractivity contribution >= 4 is 56.1 Å². The Balaban J connectivity index is 1.67. The van der Waals surface area contributed by atoms with Crippen molar-refractivity contribution in [2.45, 2.75) is 13.8 Å². The third-order valence-corrected chi connectivity index (χ3v) is 6.12. The molecule has 0 saturated carbocycles. The predicted molar refractivity (Wildman–Crippen MR) is 134 cm³/mol. The zero-order valence-electron chi connectivity index (χ0n) is 17.3. The number of thiocarbonyl (C=S) groups is 1. The molecule has 1 heterocycles. The van der Waals surface area contributed by atoms with Crippen molar-refractivity contribution < 1.29 is 9.53 Å². The fraction of sp³-hybridized carbons (Fsp3) is 0.120. The minimum atomic E-state index is -0.360. The van der Waals surface area contributed by atoms with E-state index in [4.69, 9.17) is 17.0 Å². The van der Waals surface area contributed by atoms with Crippen LogP contribution in [-0.4, -0.2) is 17.7 Å². The molecular weight excluding hydrogens is 424 g/mol. The van der Waals surface area contributed by atoms with E-state index < -0.39 is 0 Å². The Morgan fingerprint density at radius 1 is 0.968 bits per heavy atom. The normalized spacial score (nSPS) is 10.6. The van der Waals surface area contributed by atoms with E-state index >= 15 is 0 Å². The Hall–Kier alpha value is -3.22. The van der Waals surface area contributed by atoms with Crippen molar-refractivity contribution in [3.05, 3.63) is 83.2 Å². The van der Waals surface area contributed by atoms with Crippen LogP contribution in [0.5, 0.6) is 0 Å². The first-order valence-electron chi connectivity index (χ1n) is 10.00. The van der Waals surface area contributed by atoms with E-state index in [0.29, 0.717) is 22.3 Å². The molecule has 0 unspecified atom stereocenters. The van der Waals surface area contributed by atoms with Crippen molar-refractivity contribution in [1.29, 1.82) is 0 Å². The summed E-state index contributed by atoms with van der Waals surface area (Å²) < 4.78 is 5.37. The molecule has 0 saturated heterocycles. The van der Waals surface area contributed by atoms with Crippen LogP contribution in [-0.2, 0) is 4.74 Å². The molecule has 0 spiro atoms. The number of benzene rings is 3. The minimum Gasteiger partial charge on any atom is -0.462 e. The number of aryl methyl sites for hydroxylation is 1. The third-order valence-electron chi connectivity index (χ3n) is 4.89. The van der Waals surface area contributed by atoms with Crippen LogP contribution in [0.4, 0.5) is 10.7 Å². The molecule has 4 aromatic rings. The summed E-state index contributed by atoms with van der Waals surface area (Å²) >= 11 is 7.09. The SMILES string of the molecule is CCOC(=O)c1c(NC(=S)Nc2cccc3ccccc23)sc(C)c1-c1ccccc1. The molecule has 4 nitrogen and oxygen atoms in total. The number of nitrogens with one attached hydrogen (secondary N) is 2. The van der Waals surface area contributed by atoms with E-state index in [1.807, 2.05) is 67.6 Å². The number of thiophene rings is 1. The predicted octanol–water partition coefficient (Wildman–Crippen LogP) is 6.86. The summed E-state index contributed by atoms with van der Waals surface area (Å²) in [4.78, 5) is 13.9. The number of anilines is 2. The zero-order valence-corrected chi connectivity index (χ0v) is 18.9. The fourth-order valence-electron chi connectivity index (χ4n) is 3.57. The average Bonchev–Trinajstić information content (AvgIpc) is 3.10. The fourth-order valence-corrected chi connectivity index (χ4v) is 4.92. The molecule has 2 N–H and O–H groups in total. The molecule has 0 bridgehead atoms. The van der Waals surface area contributed by atoms with E-state index in [1.165, 1.54) is 11.3 Å². The summed E-state index contributed by atoms with van der Waals surface area (Å²) in [7, 11) is 0. The second kappa shape index (κ2) is 9.29. The van der Waals surface area contributed by atoms with Crippen molar-refractivity contribution in [2.24, 2.45) is 0 Å². The van der Waals surface area contributed by atoms with Crippen LogP contribution in [0.3, 0.4) is 0 Å². The molecule has 0 amide bonds. The van der Waals surface area contributed by atoms with Crippen LogP contribution in [0.1, 0.15) is 22.2 Å². The molecule has 156 valence electrons. The number of carbonyl (C=O) groups is 1. The molecule has 0 radical (unpaired) electrons. The van der Waals surface area contributed by atoms with E-state index in [1.54, 1.807) is 6.92 Å². The van der Waals surface area contributed by atoms with E-state index in [0.717, 1.165) is 32.5 Å². The van der Waals surface area contributed by atoms with Gasteiger partial charge in [-0.3, -0.25) is 0 Å². The summed E-state index contributed by atoms with van der Waals surface area (Å²) in [5.74, 6) is -0.360. The summed E-state index contributed by atoms with van der Waals surface area (Å²) in [5, 5.41) is 9.80. The molecule has 4 rings (SSSR count). The number of rotatable bonds is 5. The third kappa shape index (κ3) is 4.45. The Labute approximate surface area is 190 Å². The van der Waals surface area contributed by atoms with Crippen LogP contribution in [0.25, 0.3) is 21.9 Å². The smallest absolute Gasteiger partial charge is 0.341 e. The van der Waals surface area contributed by atoms with Crippen LogP contribution in [0.2, 0.25) is 0 Å². The molecule has 0 atom stereocenters. The van der Waals surface area contributed by atoms with Gasteiger partial charge in [-0.2, -0.15) is 0 Å². The van der Waals surface area contributed by atoms with E-state index in [2.05, 4.69) is 22.8 Å². The average molecular weight is 447 g/mol. The van der Waals surface area contributed by atoms with Gasteiger partial charge in [0, 0.05) is 21.5 Å². The van der Waals surface area contributed by atoms with Gasteiger partial charge in [0.25, 0.3) is 0 Å². The number of carbonyl (C=O) groups excluding carboxylic acids is 1. The highest BCUT2D eigenvalue weighted by atomic mass is 32.1. The second-order valence-electron chi connectivity index (χ2n) is 6.93. The van der Waals surface area contributed by atoms with Crippen LogP contribution < -0.4 is 10.6 Å². The Morgan fingerprint density at radius 3 is 2.45 bits per heavy atom. The van der Waals surface area contributed by atoms with Gasteiger partial charge in [-0.05, 0) is 43.1 Å². The van der Waals surface area contributed by atoms with Gasteiger partial charge in [-0.1, -0.05) is 66.7 Å². The van der Waals surface area contributed by atoms with Gasteiger partial charge < -0.3 is 15.4 Å². The molecular formula is C25H22N2O2S2. The highest BCUT2D eigenvalue weighted by Gasteiger charge is 2.25. The van der Waals surface area contributed by atoms with Crippen LogP contribution in [0.15, 0.2) is 72.8 Å². The topological polar surface area (TPSA) is 50.4 Å². The van der Waals surface area contributed by atoms with Gasteiger partial charge in [0.1, 0.15) is 10.6 Å². The molecule has 0 aliphatic heterocycles.